The fraction of sp³-hybridized carbons (Fsp3) is 0.348. The van der Waals surface area contributed by atoms with Crippen molar-refractivity contribution in [3.8, 4) is 22.5 Å². The number of aromatic amines is 1. The summed E-state index contributed by atoms with van der Waals surface area (Å²) in [7, 11) is 0. The molecule has 3 N–H and O–H groups in total. The van der Waals surface area contributed by atoms with Crippen molar-refractivity contribution in [1.29, 1.82) is 0 Å². The number of hydrogen-bond donors (Lipinski definition) is 2. The molecule has 0 saturated carbocycles. The van der Waals surface area contributed by atoms with Gasteiger partial charge in [0.2, 0.25) is 5.82 Å². The SMILES string of the molecule is CCCCc1nc(C(N)CC)nn1Cc1ccc(-c2ccccc2-c2nn[nH]n2)cc1. The molecule has 4 rings (SSSR count). The van der Waals surface area contributed by atoms with E-state index in [1.54, 1.807) is 0 Å². The number of hydrogen-bond acceptors (Lipinski definition) is 6. The summed E-state index contributed by atoms with van der Waals surface area (Å²) in [6.45, 7) is 4.92. The minimum Gasteiger partial charge on any atom is -0.321 e. The van der Waals surface area contributed by atoms with Gasteiger partial charge in [0.15, 0.2) is 5.82 Å². The fourth-order valence-electron chi connectivity index (χ4n) is 3.55. The van der Waals surface area contributed by atoms with E-state index < -0.39 is 0 Å². The zero-order valence-corrected chi connectivity index (χ0v) is 18.0. The molecule has 0 aliphatic carbocycles. The summed E-state index contributed by atoms with van der Waals surface area (Å²) in [4.78, 5) is 4.72. The molecule has 2 aromatic carbocycles. The van der Waals surface area contributed by atoms with Crippen LogP contribution >= 0.6 is 0 Å². The van der Waals surface area contributed by atoms with Crippen LogP contribution in [0.15, 0.2) is 48.5 Å². The molecule has 1 unspecified atom stereocenters. The highest BCUT2D eigenvalue weighted by Gasteiger charge is 2.15. The quantitative estimate of drug-likeness (QED) is 0.428. The molecule has 0 radical (unpaired) electrons. The van der Waals surface area contributed by atoms with Gasteiger partial charge in [-0.25, -0.2) is 9.67 Å². The van der Waals surface area contributed by atoms with Crippen LogP contribution in [-0.2, 0) is 13.0 Å². The van der Waals surface area contributed by atoms with Crippen LogP contribution in [0.2, 0.25) is 0 Å². The van der Waals surface area contributed by atoms with Crippen molar-refractivity contribution < 1.29 is 0 Å². The average Bonchev–Trinajstić information content (AvgIpc) is 3.48. The highest BCUT2D eigenvalue weighted by molar-refractivity contribution is 5.80. The number of nitrogens with two attached hydrogens (primary N) is 1. The van der Waals surface area contributed by atoms with E-state index in [2.05, 4.69) is 64.8 Å². The van der Waals surface area contributed by atoms with Crippen molar-refractivity contribution in [2.75, 3.05) is 0 Å². The van der Waals surface area contributed by atoms with Crippen LogP contribution in [0.5, 0.6) is 0 Å². The Hall–Kier alpha value is -3.39. The number of rotatable bonds is 9. The maximum Gasteiger partial charge on any atom is 0.205 e. The third-order valence-electron chi connectivity index (χ3n) is 5.40. The molecular weight excluding hydrogens is 388 g/mol. The minimum atomic E-state index is -0.120. The standard InChI is InChI=1S/C23H28N8/c1-3-5-10-21-25-23(20(24)4-2)28-31(21)15-16-11-13-17(14-12-16)18-8-6-7-9-19(18)22-26-29-30-27-22/h6-9,11-14,20H,3-5,10,15,24H2,1-2H3,(H,26,27,29,30). The summed E-state index contributed by atoms with van der Waals surface area (Å²) < 4.78 is 2.00. The first-order valence-corrected chi connectivity index (χ1v) is 10.8. The van der Waals surface area contributed by atoms with Gasteiger partial charge in [0.05, 0.1) is 12.6 Å². The van der Waals surface area contributed by atoms with Gasteiger partial charge in [0, 0.05) is 12.0 Å². The second-order valence-corrected chi connectivity index (χ2v) is 7.64. The minimum absolute atomic E-state index is 0.120. The molecule has 8 heteroatoms. The van der Waals surface area contributed by atoms with Gasteiger partial charge in [-0.1, -0.05) is 68.8 Å². The zero-order valence-electron chi connectivity index (χ0n) is 18.0. The number of unbranched alkanes of at least 4 members (excludes halogenated alkanes) is 1. The second-order valence-electron chi connectivity index (χ2n) is 7.64. The smallest absolute Gasteiger partial charge is 0.205 e. The summed E-state index contributed by atoms with van der Waals surface area (Å²) in [6, 6.07) is 16.4. The first kappa shape index (κ1) is 20.9. The van der Waals surface area contributed by atoms with E-state index in [1.165, 1.54) is 5.56 Å². The molecule has 2 heterocycles. The van der Waals surface area contributed by atoms with Crippen LogP contribution in [0.3, 0.4) is 0 Å². The predicted molar refractivity (Wildman–Crippen MR) is 120 cm³/mol. The molecular formula is C23H28N8. The first-order chi connectivity index (χ1) is 15.2. The molecule has 0 saturated heterocycles. The Morgan fingerprint density at radius 3 is 2.48 bits per heavy atom. The molecule has 31 heavy (non-hydrogen) atoms. The van der Waals surface area contributed by atoms with Crippen molar-refractivity contribution in [3.05, 3.63) is 65.7 Å². The number of nitrogens with one attached hydrogen (secondary N) is 1. The lowest BCUT2D eigenvalue weighted by molar-refractivity contribution is 0.596. The molecule has 0 amide bonds. The Kier molecular flexibility index (Phi) is 6.47. The molecule has 4 aromatic rings. The number of nitrogens with zero attached hydrogens (tertiary/aromatic N) is 6. The molecule has 0 fully saturated rings. The van der Waals surface area contributed by atoms with E-state index in [9.17, 15) is 0 Å². The van der Waals surface area contributed by atoms with Crippen LogP contribution in [-0.4, -0.2) is 35.4 Å². The van der Waals surface area contributed by atoms with Gasteiger partial charge < -0.3 is 5.73 Å². The van der Waals surface area contributed by atoms with Gasteiger partial charge in [-0.2, -0.15) is 10.3 Å². The van der Waals surface area contributed by atoms with Crippen LogP contribution in [0, 0.1) is 0 Å². The normalized spacial score (nSPS) is 12.2. The monoisotopic (exact) mass is 416 g/mol. The maximum absolute atomic E-state index is 6.18. The summed E-state index contributed by atoms with van der Waals surface area (Å²) in [6.07, 6.45) is 3.95. The van der Waals surface area contributed by atoms with Gasteiger partial charge >= 0.3 is 0 Å². The van der Waals surface area contributed by atoms with Crippen molar-refractivity contribution in [2.24, 2.45) is 5.73 Å². The summed E-state index contributed by atoms with van der Waals surface area (Å²) in [5.74, 6) is 2.33. The molecule has 0 bridgehead atoms. The van der Waals surface area contributed by atoms with Crippen molar-refractivity contribution >= 4 is 0 Å². The molecule has 2 aromatic heterocycles. The number of benzene rings is 2. The Morgan fingerprint density at radius 1 is 1.03 bits per heavy atom. The molecule has 0 spiro atoms. The van der Waals surface area contributed by atoms with Crippen molar-refractivity contribution in [1.82, 2.24) is 35.4 Å². The highest BCUT2D eigenvalue weighted by Crippen LogP contribution is 2.29. The first-order valence-electron chi connectivity index (χ1n) is 10.8. The Bertz CT molecular complexity index is 1100. The molecule has 160 valence electrons. The van der Waals surface area contributed by atoms with Gasteiger partial charge in [0.1, 0.15) is 5.82 Å². The highest BCUT2D eigenvalue weighted by atomic mass is 15.5. The van der Waals surface area contributed by atoms with E-state index in [1.807, 2.05) is 22.9 Å². The Morgan fingerprint density at radius 2 is 1.81 bits per heavy atom. The van der Waals surface area contributed by atoms with E-state index in [0.717, 1.165) is 54.0 Å². The van der Waals surface area contributed by atoms with Crippen molar-refractivity contribution in [3.63, 3.8) is 0 Å². The molecule has 1 atom stereocenters. The second kappa shape index (κ2) is 9.61. The van der Waals surface area contributed by atoms with Gasteiger partial charge in [-0.3, -0.25) is 0 Å². The van der Waals surface area contributed by atoms with Gasteiger partial charge in [-0.15, -0.1) is 10.2 Å². The maximum atomic E-state index is 6.18. The van der Waals surface area contributed by atoms with Crippen LogP contribution in [0.25, 0.3) is 22.5 Å². The third-order valence-corrected chi connectivity index (χ3v) is 5.40. The lowest BCUT2D eigenvalue weighted by Gasteiger charge is -2.09. The van der Waals surface area contributed by atoms with E-state index >= 15 is 0 Å². The number of aryl methyl sites for hydroxylation is 1. The molecule has 0 aliphatic heterocycles. The summed E-state index contributed by atoms with van der Waals surface area (Å²) in [5, 5.41) is 19.2. The average molecular weight is 417 g/mol. The lowest BCUT2D eigenvalue weighted by Crippen LogP contribution is -2.11. The fourth-order valence-corrected chi connectivity index (χ4v) is 3.55. The number of aromatic nitrogens is 7. The molecule has 0 aliphatic rings. The summed E-state index contributed by atoms with van der Waals surface area (Å²) >= 11 is 0. The Labute approximate surface area is 181 Å². The summed E-state index contributed by atoms with van der Waals surface area (Å²) in [5.41, 5.74) is 10.5. The largest absolute Gasteiger partial charge is 0.321 e. The molecule has 8 nitrogen and oxygen atoms in total. The van der Waals surface area contributed by atoms with E-state index in [-0.39, 0.29) is 6.04 Å². The lowest BCUT2D eigenvalue weighted by atomic mass is 9.98. The van der Waals surface area contributed by atoms with Gasteiger partial charge in [-0.05, 0) is 34.7 Å². The van der Waals surface area contributed by atoms with Crippen molar-refractivity contribution in [2.45, 2.75) is 52.1 Å². The third kappa shape index (κ3) is 4.69. The topological polar surface area (TPSA) is 111 Å². The van der Waals surface area contributed by atoms with Crippen LogP contribution in [0.1, 0.15) is 56.4 Å². The number of tetrazole rings is 1. The number of H-pyrrole nitrogens is 1. The van der Waals surface area contributed by atoms with E-state index in [4.69, 9.17) is 15.8 Å². The van der Waals surface area contributed by atoms with Crippen LogP contribution < -0.4 is 5.73 Å². The zero-order chi connectivity index (χ0) is 21.6. The Balaban J connectivity index is 1.58. The van der Waals surface area contributed by atoms with Gasteiger partial charge in [0.25, 0.3) is 0 Å². The van der Waals surface area contributed by atoms with Crippen LogP contribution in [0.4, 0.5) is 0 Å². The van der Waals surface area contributed by atoms with E-state index in [0.29, 0.717) is 12.4 Å². The predicted octanol–water partition coefficient (Wildman–Crippen LogP) is 3.93.